The molecule has 192 valence electrons. The molecule has 3 aromatic heterocycles. The Morgan fingerprint density at radius 3 is 2.62 bits per heavy atom. The molecule has 37 heavy (non-hydrogen) atoms. The average molecular weight is 529 g/mol. The number of hydrogen-bond donors (Lipinski definition) is 0. The minimum absolute atomic E-state index is 0.190. The van der Waals surface area contributed by atoms with Crippen molar-refractivity contribution in [1.29, 1.82) is 0 Å². The summed E-state index contributed by atoms with van der Waals surface area (Å²) in [6.07, 6.45) is 4.65. The molecule has 0 atom stereocenters. The summed E-state index contributed by atoms with van der Waals surface area (Å²) in [6.45, 7) is 3.12. The van der Waals surface area contributed by atoms with E-state index in [1.54, 1.807) is 18.3 Å². The Kier molecular flexibility index (Phi) is 7.15. The minimum atomic E-state index is -0.723. The molecule has 12 heteroatoms. The lowest BCUT2D eigenvalue weighted by Crippen LogP contribution is -2.46. The van der Waals surface area contributed by atoms with Crippen molar-refractivity contribution >= 4 is 29.2 Å². The van der Waals surface area contributed by atoms with Gasteiger partial charge in [-0.2, -0.15) is 9.37 Å². The molecular weight excluding hydrogens is 506 g/mol. The number of hydrogen-bond acceptors (Lipinski definition) is 8. The lowest BCUT2D eigenvalue weighted by atomic mass is 10.2. The fourth-order valence-electron chi connectivity index (χ4n) is 4.08. The quantitative estimate of drug-likeness (QED) is 0.335. The molecular formula is C25H23ClF2N6O3. The van der Waals surface area contributed by atoms with Crippen molar-refractivity contribution < 1.29 is 23.0 Å². The number of ether oxygens (including phenoxy) is 2. The summed E-state index contributed by atoms with van der Waals surface area (Å²) in [7, 11) is 1.35. The summed E-state index contributed by atoms with van der Waals surface area (Å²) in [5, 5.41) is 0.268. The van der Waals surface area contributed by atoms with Crippen LogP contribution in [0, 0.1) is 11.6 Å². The molecule has 0 N–H and O–H groups in total. The van der Waals surface area contributed by atoms with Gasteiger partial charge in [0.1, 0.15) is 18.1 Å². The van der Waals surface area contributed by atoms with E-state index in [9.17, 15) is 13.6 Å². The van der Waals surface area contributed by atoms with Gasteiger partial charge in [0.2, 0.25) is 11.8 Å². The summed E-state index contributed by atoms with van der Waals surface area (Å²) >= 11 is 5.77. The Hall–Kier alpha value is -3.83. The van der Waals surface area contributed by atoms with Crippen LogP contribution < -0.4 is 9.64 Å². The molecule has 4 aromatic rings. The average Bonchev–Trinajstić information content (AvgIpc) is 3.30. The zero-order chi connectivity index (χ0) is 25.9. The Labute approximate surface area is 216 Å². The van der Waals surface area contributed by atoms with Crippen LogP contribution >= 0.6 is 11.6 Å². The van der Waals surface area contributed by atoms with Gasteiger partial charge in [-0.15, -0.1) is 0 Å². The van der Waals surface area contributed by atoms with E-state index < -0.39 is 17.6 Å². The Bertz CT molecular complexity index is 1440. The Morgan fingerprint density at radius 2 is 1.86 bits per heavy atom. The molecule has 4 heterocycles. The zero-order valence-electron chi connectivity index (χ0n) is 19.9. The first-order valence-corrected chi connectivity index (χ1v) is 11.9. The van der Waals surface area contributed by atoms with Crippen molar-refractivity contribution in [3.05, 3.63) is 82.4 Å². The number of aromatic nitrogens is 4. The third kappa shape index (κ3) is 5.62. The molecule has 0 amide bonds. The maximum atomic E-state index is 14.3. The minimum Gasteiger partial charge on any atom is -0.470 e. The van der Waals surface area contributed by atoms with Gasteiger partial charge in [-0.3, -0.25) is 4.90 Å². The van der Waals surface area contributed by atoms with Gasteiger partial charge in [0.05, 0.1) is 24.6 Å². The number of carbonyl (C=O) groups is 1. The summed E-state index contributed by atoms with van der Waals surface area (Å²) < 4.78 is 40.3. The van der Waals surface area contributed by atoms with Gasteiger partial charge >= 0.3 is 5.97 Å². The van der Waals surface area contributed by atoms with Gasteiger partial charge in [0.25, 0.3) is 5.88 Å². The third-order valence-corrected chi connectivity index (χ3v) is 6.28. The molecule has 0 aliphatic carbocycles. The predicted molar refractivity (Wildman–Crippen MR) is 132 cm³/mol. The van der Waals surface area contributed by atoms with Crippen LogP contribution in [-0.2, 0) is 17.9 Å². The summed E-state index contributed by atoms with van der Waals surface area (Å²) in [5.41, 5.74) is 2.31. The highest BCUT2D eigenvalue weighted by molar-refractivity contribution is 6.30. The first-order valence-electron chi connectivity index (χ1n) is 11.5. The number of rotatable bonds is 7. The predicted octanol–water partition coefficient (Wildman–Crippen LogP) is 3.74. The number of halogens is 3. The van der Waals surface area contributed by atoms with Gasteiger partial charge in [-0.05, 0) is 24.3 Å². The smallest absolute Gasteiger partial charge is 0.339 e. The number of nitrogens with zero attached hydrogens (tertiary/aromatic N) is 6. The second kappa shape index (κ2) is 10.7. The molecule has 0 radical (unpaired) electrons. The number of esters is 1. The summed E-state index contributed by atoms with van der Waals surface area (Å²) in [4.78, 5) is 28.9. The van der Waals surface area contributed by atoms with Crippen LogP contribution in [-0.4, -0.2) is 63.5 Å². The maximum absolute atomic E-state index is 14.3. The van der Waals surface area contributed by atoms with E-state index in [1.165, 1.54) is 25.3 Å². The van der Waals surface area contributed by atoms with Crippen molar-refractivity contribution in [2.24, 2.45) is 0 Å². The first kappa shape index (κ1) is 24.8. The fourth-order valence-corrected chi connectivity index (χ4v) is 4.23. The maximum Gasteiger partial charge on any atom is 0.339 e. The van der Waals surface area contributed by atoms with Gasteiger partial charge < -0.3 is 18.8 Å². The van der Waals surface area contributed by atoms with Crippen LogP contribution in [0.15, 0.2) is 48.9 Å². The summed E-state index contributed by atoms with van der Waals surface area (Å²) in [5.74, 6) is -1.55. The molecule has 9 nitrogen and oxygen atoms in total. The molecule has 1 fully saturated rings. The number of anilines is 1. The first-order chi connectivity index (χ1) is 17.9. The number of fused-ring (bicyclic) bond motifs is 1. The molecule has 1 aliphatic rings. The molecule has 0 bridgehead atoms. The van der Waals surface area contributed by atoms with Crippen molar-refractivity contribution in [3.63, 3.8) is 0 Å². The molecule has 1 aliphatic heterocycles. The number of carbonyl (C=O) groups excluding carboxylic acids is 1. The standard InChI is InChI=1S/C25H23ClF2N6O3/c1-36-24(35)16-3-5-22-30-19(14-34(22)12-16)13-32-6-8-33(9-7-32)25-29-11-21(28)23(31-25)37-15-17-2-4-18(26)10-20(17)27/h2-5,10-12,14H,6-9,13,15H2,1H3. The van der Waals surface area contributed by atoms with E-state index in [2.05, 4.69) is 19.9 Å². The monoisotopic (exact) mass is 528 g/mol. The molecule has 5 rings (SSSR count). The van der Waals surface area contributed by atoms with E-state index in [0.717, 1.165) is 17.5 Å². The van der Waals surface area contributed by atoms with Crippen LogP contribution in [0.3, 0.4) is 0 Å². The van der Waals surface area contributed by atoms with E-state index in [-0.39, 0.29) is 23.1 Å². The molecule has 0 spiro atoms. The molecule has 1 aromatic carbocycles. The molecule has 0 unspecified atom stereocenters. The number of benzene rings is 1. The van der Waals surface area contributed by atoms with Gasteiger partial charge in [-0.25, -0.2) is 19.2 Å². The second-order valence-corrected chi connectivity index (χ2v) is 8.95. The second-order valence-electron chi connectivity index (χ2n) is 8.52. The van der Waals surface area contributed by atoms with Crippen LogP contribution in [0.4, 0.5) is 14.7 Å². The van der Waals surface area contributed by atoms with Gasteiger partial charge in [0.15, 0.2) is 0 Å². The van der Waals surface area contributed by atoms with Crippen LogP contribution in [0.5, 0.6) is 5.88 Å². The normalized spacial score (nSPS) is 14.2. The number of pyridine rings is 1. The highest BCUT2D eigenvalue weighted by Gasteiger charge is 2.22. The van der Waals surface area contributed by atoms with Crippen LogP contribution in [0.25, 0.3) is 5.65 Å². The number of imidazole rings is 1. The number of methoxy groups -OCH3 is 1. The van der Waals surface area contributed by atoms with Crippen molar-refractivity contribution in [2.45, 2.75) is 13.2 Å². The lowest BCUT2D eigenvalue weighted by molar-refractivity contribution is 0.0600. The van der Waals surface area contributed by atoms with Gasteiger partial charge in [-0.1, -0.05) is 17.7 Å². The van der Waals surface area contributed by atoms with E-state index in [4.69, 9.17) is 21.1 Å². The third-order valence-electron chi connectivity index (χ3n) is 6.04. The van der Waals surface area contributed by atoms with Crippen molar-refractivity contribution in [3.8, 4) is 5.88 Å². The fraction of sp³-hybridized carbons (Fsp3) is 0.280. The highest BCUT2D eigenvalue weighted by atomic mass is 35.5. The summed E-state index contributed by atoms with van der Waals surface area (Å²) in [6, 6.07) is 7.66. The van der Waals surface area contributed by atoms with E-state index >= 15 is 0 Å². The van der Waals surface area contributed by atoms with Crippen molar-refractivity contribution in [1.82, 2.24) is 24.3 Å². The highest BCUT2D eigenvalue weighted by Crippen LogP contribution is 2.22. The molecule has 0 saturated carbocycles. The van der Waals surface area contributed by atoms with Crippen LogP contribution in [0.1, 0.15) is 21.6 Å². The van der Waals surface area contributed by atoms with Crippen molar-refractivity contribution in [2.75, 3.05) is 38.2 Å². The van der Waals surface area contributed by atoms with E-state index in [0.29, 0.717) is 44.2 Å². The Balaban J connectivity index is 1.19. The molecule has 1 saturated heterocycles. The number of piperazine rings is 1. The topological polar surface area (TPSA) is 85.1 Å². The largest absolute Gasteiger partial charge is 0.470 e. The van der Waals surface area contributed by atoms with Gasteiger partial charge in [0, 0.05) is 55.7 Å². The van der Waals surface area contributed by atoms with Crippen LogP contribution in [0.2, 0.25) is 5.02 Å². The zero-order valence-corrected chi connectivity index (χ0v) is 20.7. The Morgan fingerprint density at radius 1 is 1.05 bits per heavy atom. The van der Waals surface area contributed by atoms with E-state index in [1.807, 2.05) is 15.5 Å². The SMILES string of the molecule is COC(=O)c1ccc2nc(CN3CCN(c4ncc(F)c(OCc5ccc(Cl)cc5F)n4)CC3)cn2c1. The lowest BCUT2D eigenvalue weighted by Gasteiger charge is -2.34.